The summed E-state index contributed by atoms with van der Waals surface area (Å²) in [5, 5.41) is 5.45. The molecular formula is C23H26F2N2O2. The molecule has 0 aromatic heterocycles. The fraction of sp³-hybridized carbons (Fsp3) is 0.391. The Labute approximate surface area is 169 Å². The molecule has 0 heterocycles. The third kappa shape index (κ3) is 4.47. The Morgan fingerprint density at radius 2 is 1.62 bits per heavy atom. The normalized spacial score (nSPS) is 16.0. The van der Waals surface area contributed by atoms with Crippen LogP contribution in [0, 0.1) is 17.6 Å². The Bertz CT molecular complexity index is 859. The first-order valence-corrected chi connectivity index (χ1v) is 9.92. The number of carbonyl (C=O) groups is 2. The van der Waals surface area contributed by atoms with E-state index in [0.29, 0.717) is 6.54 Å². The lowest BCUT2D eigenvalue weighted by molar-refractivity contribution is -0.124. The molecule has 1 aliphatic carbocycles. The summed E-state index contributed by atoms with van der Waals surface area (Å²) in [5.41, 5.74) is 0.413. The highest BCUT2D eigenvalue weighted by Crippen LogP contribution is 2.43. The molecular weight excluding hydrogens is 374 g/mol. The standard InChI is InChI=1S/C23H26F2N2O2/c1-15(2)20(27-21(28)19-17(24)10-6-11-18(19)25)22(29)26-14-23(12-7-13-23)16-8-4-3-5-9-16/h3-6,8-11,15,20H,7,12-14H2,1-2H3,(H,26,29)(H,27,28). The van der Waals surface area contributed by atoms with Gasteiger partial charge in [-0.25, -0.2) is 8.78 Å². The highest BCUT2D eigenvalue weighted by molar-refractivity contribution is 5.98. The van der Waals surface area contributed by atoms with Crippen LogP contribution < -0.4 is 10.6 Å². The number of benzene rings is 2. The van der Waals surface area contributed by atoms with E-state index >= 15 is 0 Å². The van der Waals surface area contributed by atoms with Gasteiger partial charge in [-0.1, -0.05) is 56.7 Å². The highest BCUT2D eigenvalue weighted by Gasteiger charge is 2.39. The average Bonchev–Trinajstić information content (AvgIpc) is 2.65. The molecule has 1 fully saturated rings. The topological polar surface area (TPSA) is 58.2 Å². The average molecular weight is 400 g/mol. The van der Waals surface area contributed by atoms with Gasteiger partial charge in [0.25, 0.3) is 5.91 Å². The molecule has 2 aromatic carbocycles. The van der Waals surface area contributed by atoms with Crippen LogP contribution in [0.4, 0.5) is 8.78 Å². The van der Waals surface area contributed by atoms with Gasteiger partial charge in [0.1, 0.15) is 23.2 Å². The lowest BCUT2D eigenvalue weighted by atomic mass is 9.64. The van der Waals surface area contributed by atoms with E-state index in [-0.39, 0.29) is 17.2 Å². The monoisotopic (exact) mass is 400 g/mol. The van der Waals surface area contributed by atoms with Crippen LogP contribution in [0.15, 0.2) is 48.5 Å². The number of carbonyl (C=O) groups excluding carboxylic acids is 2. The van der Waals surface area contributed by atoms with Crippen molar-refractivity contribution in [2.24, 2.45) is 5.92 Å². The van der Waals surface area contributed by atoms with E-state index in [0.717, 1.165) is 31.4 Å². The van der Waals surface area contributed by atoms with Crippen LogP contribution in [0.2, 0.25) is 0 Å². The second kappa shape index (κ2) is 8.72. The van der Waals surface area contributed by atoms with E-state index in [1.54, 1.807) is 13.8 Å². The van der Waals surface area contributed by atoms with Crippen LogP contribution in [0.3, 0.4) is 0 Å². The molecule has 0 spiro atoms. The SMILES string of the molecule is CC(C)C(NC(=O)c1c(F)cccc1F)C(=O)NCC1(c2ccccc2)CCC1. The first kappa shape index (κ1) is 21.0. The Kier molecular flexibility index (Phi) is 6.30. The molecule has 2 amide bonds. The third-order valence-electron chi connectivity index (χ3n) is 5.72. The lowest BCUT2D eigenvalue weighted by Crippen LogP contribution is -2.53. The molecule has 2 N–H and O–H groups in total. The van der Waals surface area contributed by atoms with Gasteiger partial charge in [0.2, 0.25) is 5.91 Å². The van der Waals surface area contributed by atoms with Gasteiger partial charge in [-0.15, -0.1) is 0 Å². The summed E-state index contributed by atoms with van der Waals surface area (Å²) in [4.78, 5) is 25.3. The zero-order valence-corrected chi connectivity index (χ0v) is 16.7. The van der Waals surface area contributed by atoms with E-state index in [4.69, 9.17) is 0 Å². The van der Waals surface area contributed by atoms with Crippen molar-refractivity contribution in [1.82, 2.24) is 10.6 Å². The van der Waals surface area contributed by atoms with Crippen LogP contribution in [0.1, 0.15) is 49.0 Å². The van der Waals surface area contributed by atoms with Gasteiger partial charge in [0, 0.05) is 12.0 Å². The van der Waals surface area contributed by atoms with E-state index < -0.39 is 29.1 Å². The largest absolute Gasteiger partial charge is 0.353 e. The van der Waals surface area contributed by atoms with Gasteiger partial charge in [-0.3, -0.25) is 9.59 Å². The molecule has 0 radical (unpaired) electrons. The fourth-order valence-corrected chi connectivity index (χ4v) is 3.79. The van der Waals surface area contributed by atoms with Crippen molar-refractivity contribution < 1.29 is 18.4 Å². The highest BCUT2D eigenvalue weighted by atomic mass is 19.1. The first-order chi connectivity index (χ1) is 13.8. The van der Waals surface area contributed by atoms with Crippen LogP contribution in [-0.2, 0) is 10.2 Å². The maximum absolute atomic E-state index is 13.9. The maximum Gasteiger partial charge on any atom is 0.257 e. The maximum atomic E-state index is 13.9. The number of amides is 2. The molecule has 6 heteroatoms. The van der Waals surface area contributed by atoms with Crippen LogP contribution in [-0.4, -0.2) is 24.4 Å². The van der Waals surface area contributed by atoms with E-state index in [2.05, 4.69) is 22.8 Å². The predicted molar refractivity (Wildman–Crippen MR) is 107 cm³/mol. The summed E-state index contributed by atoms with van der Waals surface area (Å²) in [6.07, 6.45) is 3.06. The summed E-state index contributed by atoms with van der Waals surface area (Å²) >= 11 is 0. The molecule has 154 valence electrons. The van der Waals surface area contributed by atoms with Crippen molar-refractivity contribution in [3.05, 3.63) is 71.3 Å². The Morgan fingerprint density at radius 3 is 2.14 bits per heavy atom. The Hall–Kier alpha value is -2.76. The molecule has 0 aliphatic heterocycles. The number of hydrogen-bond donors (Lipinski definition) is 2. The molecule has 3 rings (SSSR count). The van der Waals surface area contributed by atoms with E-state index in [1.807, 2.05) is 18.2 Å². The Morgan fingerprint density at radius 1 is 1.00 bits per heavy atom. The summed E-state index contributed by atoms with van der Waals surface area (Å²) in [6, 6.07) is 12.4. The quantitative estimate of drug-likeness (QED) is 0.739. The summed E-state index contributed by atoms with van der Waals surface area (Å²) < 4.78 is 27.8. The second-order valence-electron chi connectivity index (χ2n) is 8.01. The van der Waals surface area contributed by atoms with Crippen molar-refractivity contribution in [2.75, 3.05) is 6.54 Å². The molecule has 4 nitrogen and oxygen atoms in total. The van der Waals surface area contributed by atoms with E-state index in [1.165, 1.54) is 11.6 Å². The number of nitrogens with one attached hydrogen (secondary N) is 2. The van der Waals surface area contributed by atoms with Gasteiger partial charge in [-0.05, 0) is 36.5 Å². The molecule has 0 bridgehead atoms. The number of halogens is 2. The van der Waals surface area contributed by atoms with Crippen LogP contribution >= 0.6 is 0 Å². The van der Waals surface area contributed by atoms with Gasteiger partial charge in [0.05, 0.1) is 0 Å². The zero-order valence-electron chi connectivity index (χ0n) is 16.7. The minimum Gasteiger partial charge on any atom is -0.353 e. The van der Waals surface area contributed by atoms with Gasteiger partial charge in [0.15, 0.2) is 0 Å². The van der Waals surface area contributed by atoms with Crippen LogP contribution in [0.5, 0.6) is 0 Å². The van der Waals surface area contributed by atoms with Crippen molar-refractivity contribution in [1.29, 1.82) is 0 Å². The molecule has 2 aromatic rings. The smallest absolute Gasteiger partial charge is 0.257 e. The van der Waals surface area contributed by atoms with Crippen LogP contribution in [0.25, 0.3) is 0 Å². The molecule has 1 aliphatic rings. The number of hydrogen-bond acceptors (Lipinski definition) is 2. The molecule has 0 saturated heterocycles. The molecule has 1 saturated carbocycles. The lowest BCUT2D eigenvalue weighted by Gasteiger charge is -2.43. The minimum absolute atomic E-state index is 0.0971. The Balaban J connectivity index is 1.69. The third-order valence-corrected chi connectivity index (χ3v) is 5.72. The van der Waals surface area contributed by atoms with Gasteiger partial charge >= 0.3 is 0 Å². The number of rotatable bonds is 7. The van der Waals surface area contributed by atoms with Crippen molar-refractivity contribution in [3.63, 3.8) is 0 Å². The van der Waals surface area contributed by atoms with E-state index in [9.17, 15) is 18.4 Å². The van der Waals surface area contributed by atoms with Gasteiger partial charge in [-0.2, -0.15) is 0 Å². The second-order valence-corrected chi connectivity index (χ2v) is 8.01. The molecule has 29 heavy (non-hydrogen) atoms. The van der Waals surface area contributed by atoms with Crippen molar-refractivity contribution >= 4 is 11.8 Å². The first-order valence-electron chi connectivity index (χ1n) is 9.92. The molecule has 1 atom stereocenters. The predicted octanol–water partition coefficient (Wildman–Crippen LogP) is 3.96. The summed E-state index contributed by atoms with van der Waals surface area (Å²) in [6.45, 7) is 4.01. The van der Waals surface area contributed by atoms with Gasteiger partial charge < -0.3 is 10.6 Å². The zero-order chi connectivity index (χ0) is 21.0. The minimum atomic E-state index is -0.956. The summed E-state index contributed by atoms with van der Waals surface area (Å²) in [5.74, 6) is -3.45. The fourth-order valence-electron chi connectivity index (χ4n) is 3.79. The molecule has 1 unspecified atom stereocenters. The van der Waals surface area contributed by atoms with Crippen molar-refractivity contribution in [2.45, 2.75) is 44.6 Å². The van der Waals surface area contributed by atoms with Crippen molar-refractivity contribution in [3.8, 4) is 0 Å². The summed E-state index contributed by atoms with van der Waals surface area (Å²) in [7, 11) is 0.